The van der Waals surface area contributed by atoms with Gasteiger partial charge < -0.3 is 10.1 Å². The summed E-state index contributed by atoms with van der Waals surface area (Å²) in [7, 11) is 0. The maximum absolute atomic E-state index is 11.8. The molecule has 0 aliphatic carbocycles. The third-order valence-electron chi connectivity index (χ3n) is 4.47. The van der Waals surface area contributed by atoms with Crippen molar-refractivity contribution in [3.8, 4) is 0 Å². The largest absolute Gasteiger partial charge is 0.466 e. The lowest BCUT2D eigenvalue weighted by Crippen LogP contribution is -2.55. The van der Waals surface area contributed by atoms with Gasteiger partial charge in [-0.1, -0.05) is 27.2 Å². The van der Waals surface area contributed by atoms with Gasteiger partial charge in [0.15, 0.2) is 0 Å². The Hall–Kier alpha value is -0.570. The smallest absolute Gasteiger partial charge is 0.308 e. The molecule has 1 heterocycles. The van der Waals surface area contributed by atoms with Crippen LogP contribution in [0, 0.1) is 11.8 Å². The van der Waals surface area contributed by atoms with E-state index in [2.05, 4.69) is 19.2 Å². The monoisotopic (exact) mass is 255 g/mol. The number of rotatable bonds is 6. The lowest BCUT2D eigenvalue weighted by molar-refractivity contribution is -0.148. The minimum atomic E-state index is -0.0486. The van der Waals surface area contributed by atoms with Gasteiger partial charge in [-0.3, -0.25) is 4.79 Å². The van der Waals surface area contributed by atoms with E-state index in [1.165, 1.54) is 19.3 Å². The number of ether oxygens (including phenoxy) is 1. The van der Waals surface area contributed by atoms with Crippen molar-refractivity contribution in [1.29, 1.82) is 0 Å². The highest BCUT2D eigenvalue weighted by molar-refractivity contribution is 5.72. The minimum Gasteiger partial charge on any atom is -0.466 e. The van der Waals surface area contributed by atoms with Gasteiger partial charge in [-0.2, -0.15) is 0 Å². The van der Waals surface area contributed by atoms with Crippen LogP contribution in [0.25, 0.3) is 0 Å². The summed E-state index contributed by atoms with van der Waals surface area (Å²) in [6.07, 6.45) is 5.73. The third-order valence-corrected chi connectivity index (χ3v) is 4.47. The standard InChI is InChI=1S/C15H29NO2/c1-5-13-9-8-10-16-15(13,6-2)11-12(4)14(17)18-7-3/h12-13,16H,5-11H2,1-4H3. The lowest BCUT2D eigenvalue weighted by atomic mass is 9.70. The first-order valence-corrected chi connectivity index (χ1v) is 7.51. The highest BCUT2D eigenvalue weighted by atomic mass is 16.5. The van der Waals surface area contributed by atoms with Gasteiger partial charge in [-0.15, -0.1) is 0 Å². The molecule has 0 aromatic heterocycles. The fourth-order valence-electron chi connectivity index (χ4n) is 3.41. The fraction of sp³-hybridized carbons (Fsp3) is 0.933. The molecule has 0 aromatic carbocycles. The van der Waals surface area contributed by atoms with E-state index in [1.807, 2.05) is 13.8 Å². The van der Waals surface area contributed by atoms with Crippen LogP contribution in [0.5, 0.6) is 0 Å². The Morgan fingerprint density at radius 2 is 2.17 bits per heavy atom. The van der Waals surface area contributed by atoms with Gasteiger partial charge in [-0.25, -0.2) is 0 Å². The molecule has 3 atom stereocenters. The zero-order valence-electron chi connectivity index (χ0n) is 12.4. The van der Waals surface area contributed by atoms with E-state index in [9.17, 15) is 4.79 Å². The van der Waals surface area contributed by atoms with E-state index in [1.54, 1.807) is 0 Å². The van der Waals surface area contributed by atoms with Crippen molar-refractivity contribution in [2.45, 2.75) is 65.3 Å². The third kappa shape index (κ3) is 3.47. The quantitative estimate of drug-likeness (QED) is 0.741. The molecular weight excluding hydrogens is 226 g/mol. The molecule has 1 aliphatic rings. The van der Waals surface area contributed by atoms with Crippen LogP contribution in [-0.2, 0) is 9.53 Å². The molecule has 1 rings (SSSR count). The van der Waals surface area contributed by atoms with Crippen molar-refractivity contribution in [3.05, 3.63) is 0 Å². The fourth-order valence-corrected chi connectivity index (χ4v) is 3.41. The molecule has 3 heteroatoms. The van der Waals surface area contributed by atoms with E-state index in [-0.39, 0.29) is 17.4 Å². The first-order valence-electron chi connectivity index (χ1n) is 7.51. The van der Waals surface area contributed by atoms with Gasteiger partial charge in [0.05, 0.1) is 12.5 Å². The second kappa shape index (κ2) is 7.13. The summed E-state index contributed by atoms with van der Waals surface area (Å²) in [5.74, 6) is 0.630. The first-order chi connectivity index (χ1) is 8.59. The molecule has 0 spiro atoms. The molecule has 1 aliphatic heterocycles. The van der Waals surface area contributed by atoms with E-state index in [4.69, 9.17) is 4.74 Å². The second-order valence-corrected chi connectivity index (χ2v) is 5.54. The van der Waals surface area contributed by atoms with Crippen LogP contribution in [0.15, 0.2) is 0 Å². The molecule has 1 N–H and O–H groups in total. The van der Waals surface area contributed by atoms with Gasteiger partial charge in [0.2, 0.25) is 0 Å². The predicted molar refractivity (Wildman–Crippen MR) is 74.5 cm³/mol. The summed E-state index contributed by atoms with van der Waals surface area (Å²) < 4.78 is 5.14. The summed E-state index contributed by atoms with van der Waals surface area (Å²) in [4.78, 5) is 11.8. The number of hydrogen-bond donors (Lipinski definition) is 1. The van der Waals surface area contributed by atoms with E-state index < -0.39 is 0 Å². The maximum Gasteiger partial charge on any atom is 0.308 e. The van der Waals surface area contributed by atoms with Crippen molar-refractivity contribution in [2.75, 3.05) is 13.2 Å². The molecule has 0 bridgehead atoms. The average Bonchev–Trinajstić information content (AvgIpc) is 2.39. The Balaban J connectivity index is 2.71. The maximum atomic E-state index is 11.8. The zero-order chi connectivity index (χ0) is 13.6. The number of esters is 1. The Bertz CT molecular complexity index is 267. The van der Waals surface area contributed by atoms with Crippen LogP contribution in [-0.4, -0.2) is 24.7 Å². The summed E-state index contributed by atoms with van der Waals surface area (Å²) in [5, 5.41) is 3.70. The van der Waals surface area contributed by atoms with E-state index in [0.29, 0.717) is 12.5 Å². The Morgan fingerprint density at radius 1 is 1.44 bits per heavy atom. The van der Waals surface area contributed by atoms with Crippen molar-refractivity contribution < 1.29 is 9.53 Å². The molecular formula is C15H29NO2. The number of carbonyl (C=O) groups excluding carboxylic acids is 1. The SMILES string of the molecule is CCOC(=O)C(C)CC1(CC)NCCCC1CC. The summed E-state index contributed by atoms with van der Waals surface area (Å²) in [6, 6.07) is 0. The molecule has 0 saturated carbocycles. The second-order valence-electron chi connectivity index (χ2n) is 5.54. The molecule has 1 fully saturated rings. The molecule has 106 valence electrons. The minimum absolute atomic E-state index is 0.00968. The van der Waals surface area contributed by atoms with E-state index >= 15 is 0 Å². The molecule has 0 amide bonds. The van der Waals surface area contributed by atoms with Crippen LogP contribution in [0.2, 0.25) is 0 Å². The average molecular weight is 255 g/mol. The number of hydrogen-bond acceptors (Lipinski definition) is 3. The van der Waals surface area contributed by atoms with Gasteiger partial charge in [-0.05, 0) is 45.1 Å². The molecule has 0 radical (unpaired) electrons. The van der Waals surface area contributed by atoms with Crippen LogP contribution in [0.3, 0.4) is 0 Å². The zero-order valence-corrected chi connectivity index (χ0v) is 12.4. The summed E-state index contributed by atoms with van der Waals surface area (Å²) in [5.41, 5.74) is 0.138. The normalized spacial score (nSPS) is 29.9. The molecule has 18 heavy (non-hydrogen) atoms. The van der Waals surface area contributed by atoms with Crippen LogP contribution < -0.4 is 5.32 Å². The van der Waals surface area contributed by atoms with Crippen molar-refractivity contribution in [2.24, 2.45) is 11.8 Å². The Morgan fingerprint density at radius 3 is 2.72 bits per heavy atom. The molecule has 0 aromatic rings. The van der Waals surface area contributed by atoms with Gasteiger partial charge in [0, 0.05) is 5.54 Å². The first kappa shape index (κ1) is 15.5. The van der Waals surface area contributed by atoms with Gasteiger partial charge in [0.25, 0.3) is 0 Å². The lowest BCUT2D eigenvalue weighted by Gasteiger charge is -2.46. The van der Waals surface area contributed by atoms with Crippen molar-refractivity contribution in [3.63, 3.8) is 0 Å². The van der Waals surface area contributed by atoms with Crippen molar-refractivity contribution >= 4 is 5.97 Å². The Kier molecular flexibility index (Phi) is 6.13. The highest BCUT2D eigenvalue weighted by Crippen LogP contribution is 2.37. The van der Waals surface area contributed by atoms with Crippen LogP contribution in [0.1, 0.15) is 59.8 Å². The van der Waals surface area contributed by atoms with Crippen molar-refractivity contribution in [1.82, 2.24) is 5.32 Å². The Labute approximate surface area is 112 Å². The van der Waals surface area contributed by atoms with Gasteiger partial charge >= 0.3 is 5.97 Å². The predicted octanol–water partition coefficient (Wildman–Crippen LogP) is 3.13. The number of nitrogens with one attached hydrogen (secondary N) is 1. The van der Waals surface area contributed by atoms with Gasteiger partial charge in [0.1, 0.15) is 0 Å². The number of piperidine rings is 1. The summed E-state index contributed by atoms with van der Waals surface area (Å²) in [6.45, 7) is 9.93. The van der Waals surface area contributed by atoms with Crippen LogP contribution in [0.4, 0.5) is 0 Å². The molecule has 3 unspecified atom stereocenters. The van der Waals surface area contributed by atoms with E-state index in [0.717, 1.165) is 19.4 Å². The molecule has 3 nitrogen and oxygen atoms in total. The molecule has 1 saturated heterocycles. The topological polar surface area (TPSA) is 38.3 Å². The summed E-state index contributed by atoms with van der Waals surface area (Å²) >= 11 is 0. The van der Waals surface area contributed by atoms with Crippen LogP contribution >= 0.6 is 0 Å². The highest BCUT2D eigenvalue weighted by Gasteiger charge is 2.40. The number of carbonyl (C=O) groups is 1.